The van der Waals surface area contributed by atoms with E-state index in [0.29, 0.717) is 11.4 Å². The lowest BCUT2D eigenvalue weighted by molar-refractivity contribution is 0.0687. The topological polar surface area (TPSA) is 67.3 Å². The third-order valence-electron chi connectivity index (χ3n) is 2.63. The van der Waals surface area contributed by atoms with Gasteiger partial charge in [0, 0.05) is 13.3 Å². The van der Waals surface area contributed by atoms with E-state index < -0.39 is 5.97 Å². The number of carboxylic acid groups (broad SMARTS) is 1. The second-order valence-corrected chi connectivity index (χ2v) is 5.40. The first-order valence-corrected chi connectivity index (χ1v) is 6.58. The van der Waals surface area contributed by atoms with Gasteiger partial charge in [0.25, 0.3) is 0 Å². The van der Waals surface area contributed by atoms with Crippen molar-refractivity contribution in [1.82, 2.24) is 4.98 Å². The number of aromatic carboxylic acids is 1. The van der Waals surface area contributed by atoms with Crippen molar-refractivity contribution >= 4 is 23.1 Å². The van der Waals surface area contributed by atoms with Crippen molar-refractivity contribution in [3.8, 4) is 0 Å². The fourth-order valence-corrected chi connectivity index (χ4v) is 2.81. The zero-order valence-electron chi connectivity index (χ0n) is 10.6. The van der Waals surface area contributed by atoms with E-state index in [1.165, 1.54) is 6.92 Å². The van der Waals surface area contributed by atoms with E-state index in [-0.39, 0.29) is 16.4 Å². The van der Waals surface area contributed by atoms with Gasteiger partial charge in [-0.3, -0.25) is 4.79 Å². The van der Waals surface area contributed by atoms with Gasteiger partial charge in [-0.25, -0.2) is 9.78 Å². The van der Waals surface area contributed by atoms with E-state index in [1.807, 2.05) is 31.2 Å². The van der Waals surface area contributed by atoms with Crippen molar-refractivity contribution in [2.75, 3.05) is 0 Å². The summed E-state index contributed by atoms with van der Waals surface area (Å²) in [5, 5.41) is 9.68. The van der Waals surface area contributed by atoms with E-state index in [9.17, 15) is 9.59 Å². The van der Waals surface area contributed by atoms with E-state index in [2.05, 4.69) is 4.98 Å². The van der Waals surface area contributed by atoms with Crippen LogP contribution in [0.25, 0.3) is 0 Å². The molecule has 5 heteroatoms. The van der Waals surface area contributed by atoms with Crippen LogP contribution in [0.1, 0.15) is 43.2 Å². The van der Waals surface area contributed by atoms with E-state index in [1.54, 1.807) is 0 Å². The number of carbonyl (C=O) groups excluding carboxylic acids is 1. The third kappa shape index (κ3) is 3.06. The minimum atomic E-state index is -1.16. The van der Waals surface area contributed by atoms with Crippen LogP contribution in [-0.2, 0) is 6.42 Å². The molecule has 0 unspecified atom stereocenters. The molecule has 0 amide bonds. The largest absolute Gasteiger partial charge is 0.476 e. The molecule has 0 aliphatic heterocycles. The highest BCUT2D eigenvalue weighted by Gasteiger charge is 2.20. The second kappa shape index (κ2) is 5.32. The van der Waals surface area contributed by atoms with Gasteiger partial charge in [-0.2, -0.15) is 0 Å². The molecule has 0 fully saturated rings. The molecule has 2 rings (SSSR count). The summed E-state index contributed by atoms with van der Waals surface area (Å²) in [6.45, 7) is 3.35. The minimum Gasteiger partial charge on any atom is -0.476 e. The van der Waals surface area contributed by atoms with Crippen molar-refractivity contribution in [1.29, 1.82) is 0 Å². The van der Waals surface area contributed by atoms with Crippen LogP contribution < -0.4 is 0 Å². The molecular formula is C14H13NO3S. The predicted molar refractivity (Wildman–Crippen MR) is 73.1 cm³/mol. The lowest BCUT2D eigenvalue weighted by Crippen LogP contribution is -2.03. The molecular weight excluding hydrogens is 262 g/mol. The van der Waals surface area contributed by atoms with Crippen molar-refractivity contribution in [2.45, 2.75) is 20.3 Å². The zero-order valence-corrected chi connectivity index (χ0v) is 11.5. The monoisotopic (exact) mass is 275 g/mol. The number of aryl methyl sites for hydroxylation is 1. The van der Waals surface area contributed by atoms with Gasteiger partial charge in [-0.1, -0.05) is 29.8 Å². The SMILES string of the molecule is CC(=O)c1sc(Cc2cccc(C)c2)nc1C(=O)O. The molecule has 0 saturated carbocycles. The molecule has 98 valence electrons. The number of hydrogen-bond donors (Lipinski definition) is 1. The van der Waals surface area contributed by atoms with Crippen LogP contribution in [0, 0.1) is 6.92 Å². The molecule has 0 aliphatic carbocycles. The molecule has 1 aromatic heterocycles. The number of Topliss-reactive ketones (excluding diaryl/α,β-unsaturated/α-hetero) is 1. The highest BCUT2D eigenvalue weighted by atomic mass is 32.1. The average molecular weight is 275 g/mol. The van der Waals surface area contributed by atoms with Crippen molar-refractivity contribution < 1.29 is 14.7 Å². The maximum absolute atomic E-state index is 11.4. The number of carbonyl (C=O) groups is 2. The van der Waals surface area contributed by atoms with Crippen molar-refractivity contribution in [2.24, 2.45) is 0 Å². The van der Waals surface area contributed by atoms with Gasteiger partial charge in [0.15, 0.2) is 11.5 Å². The second-order valence-electron chi connectivity index (χ2n) is 4.31. The van der Waals surface area contributed by atoms with Crippen molar-refractivity contribution in [3.05, 3.63) is 51.0 Å². The molecule has 1 N–H and O–H groups in total. The summed E-state index contributed by atoms with van der Waals surface area (Å²) in [4.78, 5) is 26.7. The summed E-state index contributed by atoms with van der Waals surface area (Å²) < 4.78 is 0. The van der Waals surface area contributed by atoms with Crippen LogP contribution in [0.15, 0.2) is 24.3 Å². The number of thiazole rings is 1. The van der Waals surface area contributed by atoms with Crippen LogP contribution in [-0.4, -0.2) is 21.8 Å². The normalized spacial score (nSPS) is 10.4. The Morgan fingerprint density at radius 3 is 2.63 bits per heavy atom. The maximum atomic E-state index is 11.4. The summed E-state index contributed by atoms with van der Waals surface area (Å²) in [7, 11) is 0. The van der Waals surface area contributed by atoms with Gasteiger partial charge < -0.3 is 5.11 Å². The number of benzene rings is 1. The highest BCUT2D eigenvalue weighted by molar-refractivity contribution is 7.14. The molecule has 1 heterocycles. The first kappa shape index (κ1) is 13.4. The summed E-state index contributed by atoms with van der Waals surface area (Å²) in [5.41, 5.74) is 2.06. The molecule has 0 spiro atoms. The van der Waals surface area contributed by atoms with Gasteiger partial charge in [0.2, 0.25) is 0 Å². The lowest BCUT2D eigenvalue weighted by Gasteiger charge is -1.99. The van der Waals surface area contributed by atoms with E-state index in [4.69, 9.17) is 5.11 Å². The molecule has 2 aromatic rings. The van der Waals surface area contributed by atoms with Gasteiger partial charge in [-0.05, 0) is 12.5 Å². The summed E-state index contributed by atoms with van der Waals surface area (Å²) in [6.07, 6.45) is 0.542. The molecule has 0 atom stereocenters. The summed E-state index contributed by atoms with van der Waals surface area (Å²) in [6, 6.07) is 7.93. The maximum Gasteiger partial charge on any atom is 0.356 e. The predicted octanol–water partition coefficient (Wildman–Crippen LogP) is 2.94. The molecule has 0 aliphatic rings. The molecule has 19 heavy (non-hydrogen) atoms. The number of rotatable bonds is 4. The number of aromatic nitrogens is 1. The van der Waals surface area contributed by atoms with E-state index in [0.717, 1.165) is 22.5 Å². The Balaban J connectivity index is 2.34. The highest BCUT2D eigenvalue weighted by Crippen LogP contribution is 2.22. The Kier molecular flexibility index (Phi) is 3.76. The van der Waals surface area contributed by atoms with Gasteiger partial charge >= 0.3 is 5.97 Å². The number of nitrogens with zero attached hydrogens (tertiary/aromatic N) is 1. The van der Waals surface area contributed by atoms with Gasteiger partial charge in [0.05, 0.1) is 5.01 Å². The number of hydrogen-bond acceptors (Lipinski definition) is 4. The van der Waals surface area contributed by atoms with Crippen LogP contribution in [0.2, 0.25) is 0 Å². The minimum absolute atomic E-state index is 0.139. The first-order chi connectivity index (χ1) is 8.97. The van der Waals surface area contributed by atoms with Crippen LogP contribution in [0.3, 0.4) is 0 Å². The zero-order chi connectivity index (χ0) is 14.0. The summed E-state index contributed by atoms with van der Waals surface area (Å²) in [5.74, 6) is -1.41. The molecule has 0 saturated heterocycles. The van der Waals surface area contributed by atoms with Crippen LogP contribution >= 0.6 is 11.3 Å². The van der Waals surface area contributed by atoms with Crippen LogP contribution in [0.5, 0.6) is 0 Å². The number of ketones is 1. The Labute approximate surface area is 114 Å². The Morgan fingerprint density at radius 1 is 1.37 bits per heavy atom. The summed E-state index contributed by atoms with van der Waals surface area (Å²) >= 11 is 1.16. The molecule has 1 aromatic carbocycles. The van der Waals surface area contributed by atoms with Crippen molar-refractivity contribution in [3.63, 3.8) is 0 Å². The van der Waals surface area contributed by atoms with E-state index >= 15 is 0 Å². The fraction of sp³-hybridized carbons (Fsp3) is 0.214. The standard InChI is InChI=1S/C14H13NO3S/c1-8-4-3-5-10(6-8)7-11-15-12(14(17)18)13(19-11)9(2)16/h3-6H,7H2,1-2H3,(H,17,18). The number of carboxylic acids is 1. The smallest absolute Gasteiger partial charge is 0.356 e. The molecule has 4 nitrogen and oxygen atoms in total. The van der Waals surface area contributed by atoms with Gasteiger partial charge in [0.1, 0.15) is 4.88 Å². The Bertz CT molecular complexity index is 614. The average Bonchev–Trinajstić information content (AvgIpc) is 2.73. The quantitative estimate of drug-likeness (QED) is 0.871. The van der Waals surface area contributed by atoms with Gasteiger partial charge in [-0.15, -0.1) is 11.3 Å². The Hall–Kier alpha value is -2.01. The molecule has 0 bridgehead atoms. The first-order valence-electron chi connectivity index (χ1n) is 5.77. The fourth-order valence-electron chi connectivity index (χ4n) is 1.82. The molecule has 0 radical (unpaired) electrons. The third-order valence-corrected chi connectivity index (χ3v) is 3.79. The van der Waals surface area contributed by atoms with Crippen LogP contribution in [0.4, 0.5) is 0 Å². The lowest BCUT2D eigenvalue weighted by atomic mass is 10.1. The Morgan fingerprint density at radius 2 is 2.11 bits per heavy atom.